The molecule has 1 saturated carbocycles. The van der Waals surface area contributed by atoms with Crippen molar-refractivity contribution in [2.75, 3.05) is 18.0 Å². The summed E-state index contributed by atoms with van der Waals surface area (Å²) in [6, 6.07) is 11.3. The van der Waals surface area contributed by atoms with Gasteiger partial charge in [-0.25, -0.2) is 13.2 Å². The van der Waals surface area contributed by atoms with Gasteiger partial charge in [0.25, 0.3) is 5.91 Å². The molecule has 2 aromatic rings. The highest BCUT2D eigenvalue weighted by atomic mass is 19.3. The lowest BCUT2D eigenvalue weighted by Gasteiger charge is -2.41. The number of benzene rings is 2. The molecule has 10 heteroatoms. The largest absolute Gasteiger partial charge is 0.338 e. The van der Waals surface area contributed by atoms with E-state index in [2.05, 4.69) is 11.0 Å². The van der Waals surface area contributed by atoms with E-state index < -0.39 is 23.7 Å². The van der Waals surface area contributed by atoms with Crippen molar-refractivity contribution in [1.29, 1.82) is 0 Å². The number of halogens is 3. The van der Waals surface area contributed by atoms with Gasteiger partial charge in [-0.1, -0.05) is 30.3 Å². The van der Waals surface area contributed by atoms with Crippen LogP contribution >= 0.6 is 0 Å². The fourth-order valence-corrected chi connectivity index (χ4v) is 5.03. The Hall–Kier alpha value is -3.53. The first-order chi connectivity index (χ1) is 17.7. The summed E-state index contributed by atoms with van der Waals surface area (Å²) in [5, 5.41) is 1.51. The summed E-state index contributed by atoms with van der Waals surface area (Å²) in [5.41, 5.74) is 7.17. The van der Waals surface area contributed by atoms with Crippen LogP contribution in [0, 0.1) is 12.7 Å². The van der Waals surface area contributed by atoms with Crippen LogP contribution in [-0.4, -0.2) is 46.8 Å². The van der Waals surface area contributed by atoms with E-state index in [9.17, 15) is 22.8 Å². The van der Waals surface area contributed by atoms with Crippen LogP contribution in [0.3, 0.4) is 0 Å². The first kappa shape index (κ1) is 26.5. The van der Waals surface area contributed by atoms with Crippen LogP contribution in [0.1, 0.15) is 49.8 Å². The van der Waals surface area contributed by atoms with E-state index in [1.54, 1.807) is 42.4 Å². The molecule has 7 nitrogen and oxygen atoms in total. The number of aryl methyl sites for hydroxylation is 1. The van der Waals surface area contributed by atoms with E-state index in [0.29, 0.717) is 12.1 Å². The molecule has 1 heterocycles. The zero-order chi connectivity index (χ0) is 26.6. The van der Waals surface area contributed by atoms with Gasteiger partial charge in [-0.3, -0.25) is 19.5 Å². The molecular formula is C27H32F3N5O2. The second kappa shape index (κ2) is 11.2. The summed E-state index contributed by atoms with van der Waals surface area (Å²) < 4.78 is 42.2. The topological polar surface area (TPSA) is 67.9 Å². The Bertz CT molecular complexity index is 1150. The number of carbonyl (C=O) groups is 2. The predicted molar refractivity (Wildman–Crippen MR) is 135 cm³/mol. The first-order valence-corrected chi connectivity index (χ1v) is 12.5. The minimum atomic E-state index is -2.73. The number of hydrogen-bond acceptors (Lipinski definition) is 5. The van der Waals surface area contributed by atoms with Crippen LogP contribution in [0.15, 0.2) is 60.9 Å². The molecule has 1 aliphatic carbocycles. The second-order valence-electron chi connectivity index (χ2n) is 9.41. The van der Waals surface area contributed by atoms with E-state index in [-0.39, 0.29) is 49.9 Å². The van der Waals surface area contributed by atoms with E-state index in [4.69, 9.17) is 0 Å². The molecule has 1 aliphatic heterocycles. The number of alkyl halides is 2. The number of hydrogen-bond donors (Lipinski definition) is 2. The summed E-state index contributed by atoms with van der Waals surface area (Å²) in [5.74, 6) is -4.11. The molecule has 1 atom stereocenters. The molecule has 2 aromatic carbocycles. The molecule has 37 heavy (non-hydrogen) atoms. The fourth-order valence-electron chi connectivity index (χ4n) is 5.03. The van der Waals surface area contributed by atoms with Gasteiger partial charge in [0.05, 0.1) is 0 Å². The summed E-state index contributed by atoms with van der Waals surface area (Å²) in [7, 11) is 0. The highest BCUT2D eigenvalue weighted by molar-refractivity contribution is 6.02. The van der Waals surface area contributed by atoms with Gasteiger partial charge >= 0.3 is 0 Å². The molecule has 0 bridgehead atoms. The predicted octanol–water partition coefficient (Wildman–Crippen LogP) is 4.43. The number of hydrazine groups is 2. The van der Waals surface area contributed by atoms with Crippen LogP contribution in [0.4, 0.5) is 18.9 Å². The van der Waals surface area contributed by atoms with Crippen molar-refractivity contribution < 1.29 is 22.8 Å². The lowest BCUT2D eigenvalue weighted by molar-refractivity contribution is -0.139. The molecule has 0 aromatic heterocycles. The number of carbonyl (C=O) groups excluding carboxylic acids is 2. The number of anilines is 1. The molecule has 4 rings (SSSR count). The molecular weight excluding hydrogens is 483 g/mol. The Balaban J connectivity index is 1.78. The lowest BCUT2D eigenvalue weighted by atomic mass is 9.90. The maximum absolute atomic E-state index is 14.4. The van der Waals surface area contributed by atoms with Gasteiger partial charge in [-0.2, -0.15) is 0 Å². The van der Waals surface area contributed by atoms with Crippen molar-refractivity contribution in [3.63, 3.8) is 0 Å². The van der Waals surface area contributed by atoms with Gasteiger partial charge in [-0.05, 0) is 56.0 Å². The van der Waals surface area contributed by atoms with Crippen LogP contribution in [-0.2, 0) is 9.59 Å². The number of rotatable bonds is 8. The van der Waals surface area contributed by atoms with Crippen molar-refractivity contribution in [3.8, 4) is 0 Å². The van der Waals surface area contributed by atoms with Crippen molar-refractivity contribution in [2.24, 2.45) is 0 Å². The van der Waals surface area contributed by atoms with E-state index in [1.165, 1.54) is 28.1 Å². The van der Waals surface area contributed by atoms with Crippen LogP contribution in [0.2, 0.25) is 0 Å². The minimum Gasteiger partial charge on any atom is -0.338 e. The van der Waals surface area contributed by atoms with Gasteiger partial charge in [0.15, 0.2) is 0 Å². The minimum absolute atomic E-state index is 0.141. The van der Waals surface area contributed by atoms with Gasteiger partial charge in [0, 0.05) is 43.5 Å². The van der Waals surface area contributed by atoms with Gasteiger partial charge in [-0.15, -0.1) is 5.53 Å². The molecule has 0 radical (unpaired) electrons. The molecule has 2 amide bonds. The highest BCUT2D eigenvalue weighted by Crippen LogP contribution is 2.38. The first-order valence-electron chi connectivity index (χ1n) is 12.5. The number of amides is 2. The summed E-state index contributed by atoms with van der Waals surface area (Å²) in [4.78, 5) is 31.0. The Kier molecular flexibility index (Phi) is 8.06. The lowest BCUT2D eigenvalue weighted by Crippen LogP contribution is -2.52. The maximum atomic E-state index is 14.4. The Morgan fingerprint density at radius 1 is 1.14 bits per heavy atom. The quantitative estimate of drug-likeness (QED) is 0.545. The van der Waals surface area contributed by atoms with Crippen molar-refractivity contribution in [1.82, 2.24) is 20.9 Å². The zero-order valence-corrected chi connectivity index (χ0v) is 21.0. The molecule has 0 spiro atoms. The smallest absolute Gasteiger partial charge is 0.250 e. The number of likely N-dealkylation sites (N-methyl/N-ethyl adjacent to an activating group) is 1. The number of nitrogens with zero attached hydrogens (tertiary/aromatic N) is 3. The SMILES string of the molecule is CCN(C(=O)C(c1ccccc1C)N(C(=O)CN1C=CNN1)c1cccc(F)c1)C1CCC(F)(F)CC1. The maximum Gasteiger partial charge on any atom is 0.250 e. The molecule has 0 saturated heterocycles. The Labute approximate surface area is 214 Å². The average Bonchev–Trinajstić information content (AvgIpc) is 3.37. The normalized spacial score (nSPS) is 17.8. The van der Waals surface area contributed by atoms with Crippen molar-refractivity contribution in [2.45, 2.75) is 57.5 Å². The average molecular weight is 516 g/mol. The Morgan fingerprint density at radius 2 is 1.86 bits per heavy atom. The monoisotopic (exact) mass is 515 g/mol. The fraction of sp³-hybridized carbons (Fsp3) is 0.407. The third-order valence-electron chi connectivity index (χ3n) is 6.93. The number of nitrogens with one attached hydrogen (secondary N) is 2. The second-order valence-corrected chi connectivity index (χ2v) is 9.41. The van der Waals surface area contributed by atoms with Gasteiger partial charge < -0.3 is 10.3 Å². The third-order valence-corrected chi connectivity index (χ3v) is 6.93. The molecule has 2 aliphatic rings. The molecule has 1 unspecified atom stereocenters. The third kappa shape index (κ3) is 6.07. The molecule has 198 valence electrons. The van der Waals surface area contributed by atoms with Gasteiger partial charge in [0.1, 0.15) is 18.4 Å². The van der Waals surface area contributed by atoms with Crippen molar-refractivity contribution >= 4 is 17.5 Å². The van der Waals surface area contributed by atoms with Crippen LogP contribution < -0.4 is 15.9 Å². The summed E-state index contributed by atoms with van der Waals surface area (Å²) in [6.07, 6.45) is 3.02. The zero-order valence-electron chi connectivity index (χ0n) is 21.0. The highest BCUT2D eigenvalue weighted by Gasteiger charge is 2.42. The summed E-state index contributed by atoms with van der Waals surface area (Å²) >= 11 is 0. The van der Waals surface area contributed by atoms with E-state index >= 15 is 0 Å². The summed E-state index contributed by atoms with van der Waals surface area (Å²) in [6.45, 7) is 3.80. The van der Waals surface area contributed by atoms with E-state index in [1.807, 2.05) is 19.1 Å². The molecule has 1 fully saturated rings. The van der Waals surface area contributed by atoms with Crippen molar-refractivity contribution in [3.05, 3.63) is 77.9 Å². The standard InChI is InChI=1S/C27H32F3N5O2/c1-3-34(21-11-13-27(29,30)14-12-21)26(37)25(23-10-5-4-7-19(23)2)35(22-9-6-8-20(28)17-22)24(36)18-33-16-15-31-32-33/h4-10,15-17,21,25,31-32H,3,11-14,18H2,1-2H3. The van der Waals surface area contributed by atoms with Crippen LogP contribution in [0.5, 0.6) is 0 Å². The Morgan fingerprint density at radius 3 is 2.49 bits per heavy atom. The van der Waals surface area contributed by atoms with Gasteiger partial charge in [0.2, 0.25) is 11.8 Å². The van der Waals surface area contributed by atoms with Crippen LogP contribution in [0.25, 0.3) is 0 Å². The molecule has 2 N–H and O–H groups in total. The van der Waals surface area contributed by atoms with E-state index in [0.717, 1.165) is 5.56 Å².